The second-order valence-corrected chi connectivity index (χ2v) is 6.14. The van der Waals surface area contributed by atoms with Crippen LogP contribution in [0.15, 0.2) is 41.9 Å². The number of nitriles is 1. The van der Waals surface area contributed by atoms with Crippen molar-refractivity contribution in [3.8, 4) is 16.5 Å². The number of anilines is 1. The predicted octanol–water partition coefficient (Wildman–Crippen LogP) is 3.38. The van der Waals surface area contributed by atoms with Gasteiger partial charge in [0.15, 0.2) is 0 Å². The van der Waals surface area contributed by atoms with E-state index in [9.17, 15) is 10.1 Å². The van der Waals surface area contributed by atoms with Crippen LogP contribution in [-0.4, -0.2) is 24.5 Å². The van der Waals surface area contributed by atoms with Gasteiger partial charge in [-0.3, -0.25) is 4.79 Å². The van der Waals surface area contributed by atoms with Crippen molar-refractivity contribution in [1.82, 2.24) is 10.3 Å². The van der Waals surface area contributed by atoms with Crippen LogP contribution in [0.3, 0.4) is 0 Å². The summed E-state index contributed by atoms with van der Waals surface area (Å²) in [5.41, 5.74) is 1.62. The fourth-order valence-electron chi connectivity index (χ4n) is 2.61. The van der Waals surface area contributed by atoms with E-state index in [4.69, 9.17) is 0 Å². The molecule has 2 aromatic heterocycles. The number of nitrogens with zero attached hydrogens (tertiary/aromatic N) is 2. The molecule has 2 N–H and O–H groups in total. The third-order valence-corrected chi connectivity index (χ3v) is 4.60. The molecule has 3 rings (SSSR count). The summed E-state index contributed by atoms with van der Waals surface area (Å²) in [5.74, 6) is 0.758. The Morgan fingerprint density at radius 2 is 2.17 bits per heavy atom. The van der Waals surface area contributed by atoms with Gasteiger partial charge < -0.3 is 10.6 Å². The molecule has 3 aromatic rings. The lowest BCUT2D eigenvalue weighted by atomic mass is 10.0. The second-order valence-electron chi connectivity index (χ2n) is 5.19. The van der Waals surface area contributed by atoms with Crippen LogP contribution in [0.1, 0.15) is 12.0 Å². The fourth-order valence-corrected chi connectivity index (χ4v) is 3.35. The quantitative estimate of drug-likeness (QED) is 0.512. The Morgan fingerprint density at radius 1 is 1.25 bits per heavy atom. The zero-order valence-corrected chi connectivity index (χ0v) is 13.8. The highest BCUT2D eigenvalue weighted by Gasteiger charge is 2.13. The van der Waals surface area contributed by atoms with Crippen molar-refractivity contribution in [2.75, 3.05) is 18.4 Å². The van der Waals surface area contributed by atoms with Crippen LogP contribution in [0.5, 0.6) is 0 Å². The maximum Gasteiger partial charge on any atom is 0.207 e. The van der Waals surface area contributed by atoms with E-state index in [1.165, 1.54) is 0 Å². The molecule has 1 amide bonds. The van der Waals surface area contributed by atoms with E-state index in [2.05, 4.69) is 21.7 Å². The Labute approximate surface area is 144 Å². The van der Waals surface area contributed by atoms with Crippen molar-refractivity contribution >= 4 is 34.3 Å². The zero-order valence-electron chi connectivity index (χ0n) is 13.0. The molecule has 0 unspecified atom stereocenters. The maximum atomic E-state index is 10.3. The molecule has 24 heavy (non-hydrogen) atoms. The van der Waals surface area contributed by atoms with E-state index < -0.39 is 0 Å². The number of carbonyl (C=O) groups is 1. The highest BCUT2D eigenvalue weighted by Crippen LogP contribution is 2.35. The number of thiophene rings is 1. The van der Waals surface area contributed by atoms with Gasteiger partial charge in [0.05, 0.1) is 11.6 Å². The summed E-state index contributed by atoms with van der Waals surface area (Å²) in [7, 11) is 0. The molecule has 0 aliphatic rings. The lowest BCUT2D eigenvalue weighted by Crippen LogP contribution is -2.16. The van der Waals surface area contributed by atoms with Crippen LogP contribution < -0.4 is 10.6 Å². The summed E-state index contributed by atoms with van der Waals surface area (Å²) in [5, 5.41) is 19.3. The molecule has 5 nitrogen and oxygen atoms in total. The summed E-state index contributed by atoms with van der Waals surface area (Å²) in [6.07, 6.45) is 3.32. The number of benzene rings is 1. The molecule has 0 aliphatic heterocycles. The maximum absolute atomic E-state index is 10.3. The van der Waals surface area contributed by atoms with E-state index in [-0.39, 0.29) is 0 Å². The number of hydrogen-bond donors (Lipinski definition) is 2. The Balaban J connectivity index is 1.99. The highest BCUT2D eigenvalue weighted by atomic mass is 32.1. The van der Waals surface area contributed by atoms with Crippen LogP contribution in [0.4, 0.5) is 5.82 Å². The standard InChI is InChI=1S/C18H16N4OS/c19-10-13-4-1-5-14-17(13)15(16-6-2-9-24-16)11-22-18(14)21-8-3-7-20-12-23/h1-2,4-6,9,11-12H,3,7-8H2,(H,20,23)(H,21,22). The number of aromatic nitrogens is 1. The topological polar surface area (TPSA) is 77.8 Å². The number of carbonyl (C=O) groups excluding carboxylic acids is 1. The molecule has 0 saturated heterocycles. The first kappa shape index (κ1) is 16.0. The molecule has 0 fully saturated rings. The van der Waals surface area contributed by atoms with E-state index in [0.29, 0.717) is 25.1 Å². The third kappa shape index (κ3) is 3.21. The minimum atomic E-state index is 0.616. The molecular weight excluding hydrogens is 320 g/mol. The smallest absolute Gasteiger partial charge is 0.207 e. The summed E-state index contributed by atoms with van der Waals surface area (Å²) in [4.78, 5) is 15.9. The fraction of sp³-hybridized carbons (Fsp3) is 0.167. The van der Waals surface area contributed by atoms with Crippen molar-refractivity contribution < 1.29 is 4.79 Å². The van der Waals surface area contributed by atoms with Gasteiger partial charge in [0.25, 0.3) is 0 Å². The van der Waals surface area contributed by atoms with E-state index >= 15 is 0 Å². The van der Waals surface area contributed by atoms with Crippen molar-refractivity contribution in [2.45, 2.75) is 6.42 Å². The first-order valence-corrected chi connectivity index (χ1v) is 8.49. The van der Waals surface area contributed by atoms with Crippen molar-refractivity contribution in [2.24, 2.45) is 0 Å². The normalized spacial score (nSPS) is 10.3. The van der Waals surface area contributed by atoms with Gasteiger partial charge in [0, 0.05) is 40.5 Å². The molecule has 2 heterocycles. The van der Waals surface area contributed by atoms with Crippen LogP contribution in [0.2, 0.25) is 0 Å². The number of amides is 1. The number of pyridine rings is 1. The summed E-state index contributed by atoms with van der Waals surface area (Å²) in [6, 6.07) is 12.0. The predicted molar refractivity (Wildman–Crippen MR) is 96.9 cm³/mol. The van der Waals surface area contributed by atoms with Crippen molar-refractivity contribution in [3.05, 3.63) is 47.5 Å². The van der Waals surface area contributed by atoms with E-state index in [0.717, 1.165) is 33.5 Å². The SMILES string of the molecule is N#Cc1cccc2c(NCCCNC=O)ncc(-c3cccs3)c12. The van der Waals surface area contributed by atoms with Gasteiger partial charge in [-0.1, -0.05) is 18.2 Å². The van der Waals surface area contributed by atoms with Gasteiger partial charge in [0.1, 0.15) is 5.82 Å². The van der Waals surface area contributed by atoms with Gasteiger partial charge in [-0.15, -0.1) is 11.3 Å². The monoisotopic (exact) mass is 336 g/mol. The van der Waals surface area contributed by atoms with Crippen LogP contribution in [-0.2, 0) is 4.79 Å². The molecule has 0 saturated carbocycles. The van der Waals surface area contributed by atoms with Crippen molar-refractivity contribution in [3.63, 3.8) is 0 Å². The minimum Gasteiger partial charge on any atom is -0.369 e. The van der Waals surface area contributed by atoms with Gasteiger partial charge in [-0.2, -0.15) is 5.26 Å². The number of hydrogen-bond acceptors (Lipinski definition) is 5. The van der Waals surface area contributed by atoms with Crippen LogP contribution >= 0.6 is 11.3 Å². The first-order valence-electron chi connectivity index (χ1n) is 7.61. The van der Waals surface area contributed by atoms with Crippen LogP contribution in [0, 0.1) is 11.3 Å². The summed E-state index contributed by atoms with van der Waals surface area (Å²) in [6.45, 7) is 1.31. The van der Waals surface area contributed by atoms with Gasteiger partial charge in [-0.25, -0.2) is 4.98 Å². The van der Waals surface area contributed by atoms with Gasteiger partial charge in [-0.05, 0) is 23.9 Å². The lowest BCUT2D eigenvalue weighted by molar-refractivity contribution is -0.109. The Hall–Kier alpha value is -2.91. The Morgan fingerprint density at radius 3 is 2.92 bits per heavy atom. The number of nitrogens with one attached hydrogen (secondary N) is 2. The van der Waals surface area contributed by atoms with Gasteiger partial charge >= 0.3 is 0 Å². The molecule has 0 bridgehead atoms. The molecule has 1 aromatic carbocycles. The minimum absolute atomic E-state index is 0.616. The molecule has 0 atom stereocenters. The molecule has 120 valence electrons. The third-order valence-electron chi connectivity index (χ3n) is 3.69. The second kappa shape index (κ2) is 7.57. The van der Waals surface area contributed by atoms with Crippen LogP contribution in [0.25, 0.3) is 21.2 Å². The molecule has 6 heteroatoms. The molecule has 0 spiro atoms. The summed E-state index contributed by atoms with van der Waals surface area (Å²) < 4.78 is 0. The highest BCUT2D eigenvalue weighted by molar-refractivity contribution is 7.13. The van der Waals surface area contributed by atoms with E-state index in [1.807, 2.05) is 41.9 Å². The largest absolute Gasteiger partial charge is 0.369 e. The van der Waals surface area contributed by atoms with Crippen molar-refractivity contribution in [1.29, 1.82) is 5.26 Å². The Kier molecular flexibility index (Phi) is 5.04. The lowest BCUT2D eigenvalue weighted by Gasteiger charge is -2.12. The average Bonchev–Trinajstić information content (AvgIpc) is 3.15. The zero-order chi connectivity index (χ0) is 16.8. The van der Waals surface area contributed by atoms with E-state index in [1.54, 1.807) is 11.3 Å². The molecule has 0 radical (unpaired) electrons. The van der Waals surface area contributed by atoms with Gasteiger partial charge in [0.2, 0.25) is 6.41 Å². The first-order chi connectivity index (χ1) is 11.8. The molecular formula is C18H16N4OS. The average molecular weight is 336 g/mol. The molecule has 0 aliphatic carbocycles. The number of fused-ring (bicyclic) bond motifs is 1. The number of rotatable bonds is 7. The summed E-state index contributed by atoms with van der Waals surface area (Å²) >= 11 is 1.63. The Bertz CT molecular complexity index is 884.